The normalized spacial score (nSPS) is 14.0. The zero-order chi connectivity index (χ0) is 12.1. The summed E-state index contributed by atoms with van der Waals surface area (Å²) in [5, 5.41) is -0.142. The van der Waals surface area contributed by atoms with Crippen LogP contribution >= 0.6 is 11.6 Å². The van der Waals surface area contributed by atoms with Crippen molar-refractivity contribution in [3.8, 4) is 5.75 Å². The molecule has 0 spiro atoms. The Bertz CT molecular complexity index is 441. The average molecular weight is 247 g/mol. The molecule has 0 saturated heterocycles. The number of ether oxygens (including phenoxy) is 1. The third-order valence-corrected chi connectivity index (χ3v) is 3.20. The molecule has 2 aromatic carbocycles. The zero-order valence-electron chi connectivity index (χ0n) is 9.71. The molecule has 0 N–H and O–H groups in total. The molecule has 2 heteroatoms. The van der Waals surface area contributed by atoms with Gasteiger partial charge in [-0.3, -0.25) is 0 Å². The van der Waals surface area contributed by atoms with Crippen molar-refractivity contribution in [1.82, 2.24) is 0 Å². The van der Waals surface area contributed by atoms with Crippen molar-refractivity contribution in [3.05, 3.63) is 66.2 Å². The van der Waals surface area contributed by atoms with E-state index >= 15 is 0 Å². The zero-order valence-corrected chi connectivity index (χ0v) is 10.5. The van der Waals surface area contributed by atoms with E-state index in [2.05, 4.69) is 0 Å². The quantitative estimate of drug-likeness (QED) is 0.725. The fraction of sp³-hybridized carbons (Fsp3) is 0.200. The third-order valence-electron chi connectivity index (χ3n) is 2.60. The van der Waals surface area contributed by atoms with E-state index in [1.54, 1.807) is 0 Å². The van der Waals surface area contributed by atoms with Gasteiger partial charge in [0.15, 0.2) is 0 Å². The van der Waals surface area contributed by atoms with E-state index in [4.69, 9.17) is 16.3 Å². The maximum atomic E-state index is 6.38. The second-order valence-corrected chi connectivity index (χ2v) is 4.42. The summed E-state index contributed by atoms with van der Waals surface area (Å²) in [6.07, 6.45) is -0.0681. The number of halogens is 1. The highest BCUT2D eigenvalue weighted by molar-refractivity contribution is 6.21. The molecule has 2 atom stereocenters. The molecular formula is C15H15ClO. The first-order valence-electron chi connectivity index (χ1n) is 5.68. The van der Waals surface area contributed by atoms with Gasteiger partial charge in [0.25, 0.3) is 0 Å². The van der Waals surface area contributed by atoms with Crippen LogP contribution < -0.4 is 4.74 Å². The largest absolute Gasteiger partial charge is 0.489 e. The topological polar surface area (TPSA) is 9.23 Å². The molecule has 88 valence electrons. The van der Waals surface area contributed by atoms with Crippen molar-refractivity contribution in [2.24, 2.45) is 0 Å². The molecule has 1 nitrogen and oxygen atoms in total. The molecule has 0 saturated carbocycles. The maximum absolute atomic E-state index is 6.38. The van der Waals surface area contributed by atoms with Crippen LogP contribution in [-0.2, 0) is 0 Å². The summed E-state index contributed by atoms with van der Waals surface area (Å²) in [4.78, 5) is 0. The van der Waals surface area contributed by atoms with Gasteiger partial charge in [0.05, 0.1) is 5.38 Å². The molecule has 0 aliphatic heterocycles. The Balaban J connectivity index is 2.03. The van der Waals surface area contributed by atoms with E-state index in [0.717, 1.165) is 11.3 Å². The van der Waals surface area contributed by atoms with Crippen LogP contribution in [0.5, 0.6) is 5.75 Å². The number of alkyl halides is 1. The number of hydrogen-bond donors (Lipinski definition) is 0. The first-order valence-corrected chi connectivity index (χ1v) is 6.12. The summed E-state index contributed by atoms with van der Waals surface area (Å²) < 4.78 is 5.80. The Kier molecular flexibility index (Phi) is 4.05. The van der Waals surface area contributed by atoms with Crippen LogP contribution in [0.3, 0.4) is 0 Å². The van der Waals surface area contributed by atoms with Gasteiger partial charge in [-0.05, 0) is 24.6 Å². The smallest absolute Gasteiger partial charge is 0.119 e. The van der Waals surface area contributed by atoms with E-state index < -0.39 is 0 Å². The second kappa shape index (κ2) is 5.74. The molecular weight excluding hydrogens is 232 g/mol. The maximum Gasteiger partial charge on any atom is 0.119 e. The van der Waals surface area contributed by atoms with Gasteiger partial charge in [-0.25, -0.2) is 0 Å². The van der Waals surface area contributed by atoms with Crippen molar-refractivity contribution in [2.75, 3.05) is 0 Å². The molecule has 0 aliphatic carbocycles. The van der Waals surface area contributed by atoms with Crippen LogP contribution in [0.4, 0.5) is 0 Å². The van der Waals surface area contributed by atoms with E-state index in [0.29, 0.717) is 0 Å². The Hall–Kier alpha value is -1.47. The van der Waals surface area contributed by atoms with Gasteiger partial charge in [0.1, 0.15) is 11.9 Å². The SMILES string of the molecule is CC(Oc1ccccc1)C(Cl)c1ccccc1. The van der Waals surface area contributed by atoms with Gasteiger partial charge in [-0.1, -0.05) is 48.5 Å². The summed E-state index contributed by atoms with van der Waals surface area (Å²) in [6.45, 7) is 1.98. The first kappa shape index (κ1) is 12.0. The summed E-state index contributed by atoms with van der Waals surface area (Å²) in [5.74, 6) is 0.849. The lowest BCUT2D eigenvalue weighted by atomic mass is 10.1. The van der Waals surface area contributed by atoms with Crippen molar-refractivity contribution in [2.45, 2.75) is 18.4 Å². The molecule has 0 amide bonds. The Morgan fingerprint density at radius 3 is 2.00 bits per heavy atom. The molecule has 0 radical (unpaired) electrons. The van der Waals surface area contributed by atoms with Crippen LogP contribution in [0.25, 0.3) is 0 Å². The van der Waals surface area contributed by atoms with Gasteiger partial charge in [-0.15, -0.1) is 11.6 Å². The van der Waals surface area contributed by atoms with Crippen molar-refractivity contribution in [3.63, 3.8) is 0 Å². The molecule has 0 fully saturated rings. The number of hydrogen-bond acceptors (Lipinski definition) is 1. The fourth-order valence-corrected chi connectivity index (χ4v) is 1.88. The highest BCUT2D eigenvalue weighted by atomic mass is 35.5. The molecule has 0 heterocycles. The minimum absolute atomic E-state index is 0.0681. The van der Waals surface area contributed by atoms with Gasteiger partial charge in [0, 0.05) is 0 Å². The van der Waals surface area contributed by atoms with Crippen LogP contribution in [0.2, 0.25) is 0 Å². The molecule has 2 aromatic rings. The highest BCUT2D eigenvalue weighted by Gasteiger charge is 2.17. The van der Waals surface area contributed by atoms with Crippen molar-refractivity contribution in [1.29, 1.82) is 0 Å². The molecule has 0 aromatic heterocycles. The molecule has 2 unspecified atom stereocenters. The predicted octanol–water partition coefficient (Wildman–Crippen LogP) is 4.43. The van der Waals surface area contributed by atoms with E-state index in [1.165, 1.54) is 0 Å². The predicted molar refractivity (Wildman–Crippen MR) is 71.6 cm³/mol. The van der Waals surface area contributed by atoms with Crippen LogP contribution in [-0.4, -0.2) is 6.10 Å². The lowest BCUT2D eigenvalue weighted by molar-refractivity contribution is 0.216. The van der Waals surface area contributed by atoms with E-state index in [1.807, 2.05) is 67.6 Å². The van der Waals surface area contributed by atoms with Gasteiger partial charge >= 0.3 is 0 Å². The van der Waals surface area contributed by atoms with Crippen LogP contribution in [0.15, 0.2) is 60.7 Å². The Labute approximate surface area is 107 Å². The van der Waals surface area contributed by atoms with Crippen molar-refractivity contribution >= 4 is 11.6 Å². The Morgan fingerprint density at radius 2 is 1.41 bits per heavy atom. The number of rotatable bonds is 4. The number of benzene rings is 2. The summed E-state index contributed by atoms with van der Waals surface area (Å²) in [5.41, 5.74) is 1.08. The monoisotopic (exact) mass is 246 g/mol. The molecule has 2 rings (SSSR count). The van der Waals surface area contributed by atoms with Gasteiger partial charge < -0.3 is 4.74 Å². The molecule has 0 aliphatic rings. The van der Waals surface area contributed by atoms with Crippen LogP contribution in [0, 0.1) is 0 Å². The van der Waals surface area contributed by atoms with Gasteiger partial charge in [-0.2, -0.15) is 0 Å². The first-order chi connectivity index (χ1) is 8.27. The standard InChI is InChI=1S/C15H15ClO/c1-12(17-14-10-6-3-7-11-14)15(16)13-8-4-2-5-9-13/h2-12,15H,1H3. The molecule has 0 bridgehead atoms. The van der Waals surface area contributed by atoms with Crippen LogP contribution in [0.1, 0.15) is 17.9 Å². The third kappa shape index (κ3) is 3.24. The summed E-state index contributed by atoms with van der Waals surface area (Å²) >= 11 is 6.38. The highest BCUT2D eigenvalue weighted by Crippen LogP contribution is 2.27. The van der Waals surface area contributed by atoms with E-state index in [-0.39, 0.29) is 11.5 Å². The lowest BCUT2D eigenvalue weighted by Gasteiger charge is -2.20. The van der Waals surface area contributed by atoms with E-state index in [9.17, 15) is 0 Å². The fourth-order valence-electron chi connectivity index (χ4n) is 1.68. The number of para-hydroxylation sites is 1. The summed E-state index contributed by atoms with van der Waals surface area (Å²) in [7, 11) is 0. The van der Waals surface area contributed by atoms with Gasteiger partial charge in [0.2, 0.25) is 0 Å². The minimum atomic E-state index is -0.142. The molecule has 17 heavy (non-hydrogen) atoms. The Morgan fingerprint density at radius 1 is 0.882 bits per heavy atom. The van der Waals surface area contributed by atoms with Crippen molar-refractivity contribution < 1.29 is 4.74 Å². The summed E-state index contributed by atoms with van der Waals surface area (Å²) in [6, 6.07) is 19.7. The minimum Gasteiger partial charge on any atom is -0.489 e. The second-order valence-electron chi connectivity index (χ2n) is 3.95. The lowest BCUT2D eigenvalue weighted by Crippen LogP contribution is -2.17. The average Bonchev–Trinajstić information content (AvgIpc) is 2.40.